The summed E-state index contributed by atoms with van der Waals surface area (Å²) in [4.78, 5) is 23.3. The van der Waals surface area contributed by atoms with Gasteiger partial charge >= 0.3 is 11.9 Å². The van der Waals surface area contributed by atoms with E-state index in [9.17, 15) is 9.59 Å². The van der Waals surface area contributed by atoms with Crippen LogP contribution in [0.3, 0.4) is 0 Å². The van der Waals surface area contributed by atoms with Gasteiger partial charge < -0.3 is 9.47 Å². The highest BCUT2D eigenvalue weighted by Gasteiger charge is 2.12. The maximum Gasteiger partial charge on any atom is 0.306 e. The maximum absolute atomic E-state index is 11.7. The number of unbranched alkanes of at least 4 members (excludes halogenated alkanes) is 10. The van der Waals surface area contributed by atoms with Gasteiger partial charge in [0.15, 0.2) is 0 Å². The van der Waals surface area contributed by atoms with Crippen LogP contribution in [0.2, 0.25) is 0 Å². The van der Waals surface area contributed by atoms with Crippen LogP contribution >= 0.6 is 0 Å². The minimum absolute atomic E-state index is 0.00156. The highest BCUT2D eigenvalue weighted by atomic mass is 16.5. The fourth-order valence-corrected chi connectivity index (χ4v) is 2.79. The lowest BCUT2D eigenvalue weighted by molar-refractivity contribution is -0.150. The van der Waals surface area contributed by atoms with Crippen molar-refractivity contribution in [2.45, 2.75) is 124 Å². The first-order chi connectivity index (χ1) is 13.0. The molecule has 0 fully saturated rings. The number of rotatable bonds is 18. The molecule has 0 aliphatic rings. The summed E-state index contributed by atoms with van der Waals surface area (Å²) in [7, 11) is 0. The predicted molar refractivity (Wildman–Crippen MR) is 112 cm³/mol. The van der Waals surface area contributed by atoms with Crippen molar-refractivity contribution >= 4 is 11.9 Å². The van der Waals surface area contributed by atoms with Crippen molar-refractivity contribution < 1.29 is 19.1 Å². The van der Waals surface area contributed by atoms with E-state index in [1.165, 1.54) is 25.7 Å². The normalized spacial score (nSPS) is 12.2. The molecule has 0 aromatic heterocycles. The standard InChI is InChI=1S/C23H44O4/c1-5-6-7-8-13-16-19-26-22(24)17-14-11-9-10-12-15-18-23(25)27-21(4)20(2)3/h20-21H,5-19H2,1-4H3. The van der Waals surface area contributed by atoms with E-state index in [2.05, 4.69) is 20.8 Å². The van der Waals surface area contributed by atoms with E-state index in [0.717, 1.165) is 51.4 Å². The molecule has 4 heteroatoms. The summed E-state index contributed by atoms with van der Waals surface area (Å²) in [5.74, 6) is 0.237. The second-order valence-electron chi connectivity index (χ2n) is 8.05. The molecule has 4 nitrogen and oxygen atoms in total. The van der Waals surface area contributed by atoms with Crippen LogP contribution in [-0.2, 0) is 19.1 Å². The maximum atomic E-state index is 11.7. The highest BCUT2D eigenvalue weighted by Crippen LogP contribution is 2.12. The lowest BCUT2D eigenvalue weighted by atomic mass is 10.1. The van der Waals surface area contributed by atoms with Gasteiger partial charge in [-0.2, -0.15) is 0 Å². The molecule has 1 unspecified atom stereocenters. The monoisotopic (exact) mass is 384 g/mol. The zero-order valence-corrected chi connectivity index (χ0v) is 18.4. The van der Waals surface area contributed by atoms with Crippen LogP contribution in [0.15, 0.2) is 0 Å². The van der Waals surface area contributed by atoms with E-state index in [4.69, 9.17) is 9.47 Å². The molecular weight excluding hydrogens is 340 g/mol. The van der Waals surface area contributed by atoms with Gasteiger partial charge in [0.1, 0.15) is 6.10 Å². The Bertz CT molecular complexity index is 365. The summed E-state index contributed by atoms with van der Waals surface area (Å²) in [6.07, 6.45) is 14.5. The van der Waals surface area contributed by atoms with Gasteiger partial charge in [0.25, 0.3) is 0 Å². The Hall–Kier alpha value is -1.06. The average molecular weight is 385 g/mol. The molecule has 0 spiro atoms. The summed E-state index contributed by atoms with van der Waals surface area (Å²) in [6, 6.07) is 0. The highest BCUT2D eigenvalue weighted by molar-refractivity contribution is 5.69. The van der Waals surface area contributed by atoms with Crippen molar-refractivity contribution in [2.75, 3.05) is 6.61 Å². The lowest BCUT2D eigenvalue weighted by Gasteiger charge is -2.16. The zero-order chi connectivity index (χ0) is 20.3. The topological polar surface area (TPSA) is 52.6 Å². The molecule has 0 aliphatic heterocycles. The number of ether oxygens (including phenoxy) is 2. The molecule has 0 aromatic carbocycles. The lowest BCUT2D eigenvalue weighted by Crippen LogP contribution is -2.19. The molecular formula is C23H44O4. The summed E-state index contributed by atoms with van der Waals surface area (Å²) in [6.45, 7) is 8.86. The molecule has 0 bridgehead atoms. The summed E-state index contributed by atoms with van der Waals surface area (Å²) >= 11 is 0. The van der Waals surface area contributed by atoms with Crippen LogP contribution in [-0.4, -0.2) is 24.6 Å². The van der Waals surface area contributed by atoms with Crippen LogP contribution in [0, 0.1) is 5.92 Å². The van der Waals surface area contributed by atoms with Crippen LogP contribution in [0.25, 0.3) is 0 Å². The minimum atomic E-state index is -0.0793. The Morgan fingerprint density at radius 2 is 1.15 bits per heavy atom. The van der Waals surface area contributed by atoms with Crippen LogP contribution in [0.1, 0.15) is 118 Å². The fourth-order valence-electron chi connectivity index (χ4n) is 2.79. The van der Waals surface area contributed by atoms with Crippen LogP contribution < -0.4 is 0 Å². The number of hydrogen-bond donors (Lipinski definition) is 0. The SMILES string of the molecule is CCCCCCCCOC(=O)CCCCCCCCC(=O)OC(C)C(C)C. The Kier molecular flexibility index (Phi) is 17.6. The van der Waals surface area contributed by atoms with E-state index in [-0.39, 0.29) is 18.0 Å². The third-order valence-corrected chi connectivity index (χ3v) is 5.03. The molecule has 0 radical (unpaired) electrons. The molecule has 0 N–H and O–H groups in total. The Morgan fingerprint density at radius 3 is 1.70 bits per heavy atom. The first-order valence-corrected chi connectivity index (χ1v) is 11.3. The smallest absolute Gasteiger partial charge is 0.306 e. The largest absolute Gasteiger partial charge is 0.466 e. The zero-order valence-electron chi connectivity index (χ0n) is 18.4. The molecule has 1 atom stereocenters. The predicted octanol–water partition coefficient (Wildman–Crippen LogP) is 6.60. The Balaban J connectivity index is 3.34. The number of esters is 2. The van der Waals surface area contributed by atoms with E-state index in [1.807, 2.05) is 6.92 Å². The molecule has 0 saturated heterocycles. The van der Waals surface area contributed by atoms with Crippen LogP contribution in [0.5, 0.6) is 0 Å². The number of hydrogen-bond acceptors (Lipinski definition) is 4. The second kappa shape index (κ2) is 18.3. The second-order valence-corrected chi connectivity index (χ2v) is 8.05. The van der Waals surface area contributed by atoms with Gasteiger partial charge in [0, 0.05) is 12.8 Å². The molecule has 0 aromatic rings. The molecule has 0 amide bonds. The van der Waals surface area contributed by atoms with Gasteiger partial charge in [-0.1, -0.05) is 78.6 Å². The molecule has 0 heterocycles. The van der Waals surface area contributed by atoms with Crippen molar-refractivity contribution in [1.82, 2.24) is 0 Å². The Morgan fingerprint density at radius 1 is 0.667 bits per heavy atom. The van der Waals surface area contributed by atoms with Gasteiger partial charge in [-0.05, 0) is 32.1 Å². The van der Waals surface area contributed by atoms with Crippen molar-refractivity contribution in [3.05, 3.63) is 0 Å². The third kappa shape index (κ3) is 18.1. The van der Waals surface area contributed by atoms with Gasteiger partial charge in [-0.3, -0.25) is 9.59 Å². The van der Waals surface area contributed by atoms with E-state index < -0.39 is 0 Å². The van der Waals surface area contributed by atoms with Crippen molar-refractivity contribution in [3.63, 3.8) is 0 Å². The summed E-state index contributed by atoms with van der Waals surface area (Å²) in [5, 5.41) is 0. The first-order valence-electron chi connectivity index (χ1n) is 11.3. The molecule has 27 heavy (non-hydrogen) atoms. The summed E-state index contributed by atoms with van der Waals surface area (Å²) in [5.41, 5.74) is 0. The molecule has 160 valence electrons. The van der Waals surface area contributed by atoms with Gasteiger partial charge in [-0.25, -0.2) is 0 Å². The van der Waals surface area contributed by atoms with Crippen LogP contribution in [0.4, 0.5) is 0 Å². The molecule has 0 rings (SSSR count). The first kappa shape index (κ1) is 25.9. The molecule has 0 aliphatic carbocycles. The quantitative estimate of drug-likeness (QED) is 0.197. The third-order valence-electron chi connectivity index (χ3n) is 5.03. The fraction of sp³-hybridized carbons (Fsp3) is 0.913. The van der Waals surface area contributed by atoms with E-state index >= 15 is 0 Å². The summed E-state index contributed by atoms with van der Waals surface area (Å²) < 4.78 is 10.6. The van der Waals surface area contributed by atoms with Gasteiger partial charge in [0.05, 0.1) is 6.61 Å². The van der Waals surface area contributed by atoms with Gasteiger partial charge in [0.2, 0.25) is 0 Å². The van der Waals surface area contributed by atoms with Gasteiger partial charge in [-0.15, -0.1) is 0 Å². The Labute approximate surface area is 167 Å². The number of carbonyl (C=O) groups is 2. The van der Waals surface area contributed by atoms with Crippen molar-refractivity contribution in [3.8, 4) is 0 Å². The number of carbonyl (C=O) groups excluding carboxylic acids is 2. The molecule has 0 saturated carbocycles. The average Bonchev–Trinajstić information content (AvgIpc) is 2.63. The van der Waals surface area contributed by atoms with Crippen molar-refractivity contribution in [1.29, 1.82) is 0 Å². The van der Waals surface area contributed by atoms with Crippen molar-refractivity contribution in [2.24, 2.45) is 5.92 Å². The van der Waals surface area contributed by atoms with E-state index in [1.54, 1.807) is 0 Å². The van der Waals surface area contributed by atoms with E-state index in [0.29, 0.717) is 25.4 Å². The minimum Gasteiger partial charge on any atom is -0.466 e.